The zero-order chi connectivity index (χ0) is 33.8. The Kier molecular flexibility index (Phi) is 8.91. The Morgan fingerprint density at radius 3 is 2.26 bits per heavy atom. The summed E-state index contributed by atoms with van der Waals surface area (Å²) in [6.45, 7) is 0.277. The number of likely N-dealkylation sites (N-methyl/N-ethyl adjacent to an activating group) is 1. The van der Waals surface area contributed by atoms with Gasteiger partial charge in [-0.3, -0.25) is 14.6 Å². The molecule has 4 heterocycles. The fourth-order valence-electron chi connectivity index (χ4n) is 7.58. The van der Waals surface area contributed by atoms with Crippen molar-refractivity contribution in [3.05, 3.63) is 47.2 Å². The lowest BCUT2D eigenvalue weighted by Gasteiger charge is -2.35. The molecule has 6 rings (SSSR count). The van der Waals surface area contributed by atoms with Gasteiger partial charge in [-0.2, -0.15) is 13.2 Å². The molecule has 1 aromatic heterocycles. The van der Waals surface area contributed by atoms with E-state index in [4.69, 9.17) is 4.74 Å². The molecule has 3 saturated heterocycles. The van der Waals surface area contributed by atoms with Gasteiger partial charge in [0, 0.05) is 73.5 Å². The molecule has 9 nitrogen and oxygen atoms in total. The van der Waals surface area contributed by atoms with Crippen LogP contribution in [0.4, 0.5) is 47.0 Å². The third kappa shape index (κ3) is 6.27. The predicted octanol–water partition coefficient (Wildman–Crippen LogP) is 4.90. The van der Waals surface area contributed by atoms with Crippen LogP contribution in [0.3, 0.4) is 0 Å². The Morgan fingerprint density at radius 2 is 1.70 bits per heavy atom. The normalized spacial score (nSPS) is 28.0. The minimum atomic E-state index is -4.96. The maximum absolute atomic E-state index is 15.4. The second-order valence-corrected chi connectivity index (χ2v) is 12.8. The predicted molar refractivity (Wildman–Crippen MR) is 157 cm³/mol. The van der Waals surface area contributed by atoms with Gasteiger partial charge in [-0.15, -0.1) is 0 Å². The first kappa shape index (κ1) is 33.1. The number of halogens is 7. The molecule has 4 fully saturated rings. The number of urea groups is 1. The van der Waals surface area contributed by atoms with Crippen LogP contribution in [0.5, 0.6) is 5.75 Å². The summed E-state index contributed by atoms with van der Waals surface area (Å²) in [4.78, 5) is 35.5. The Morgan fingerprint density at radius 1 is 1.02 bits per heavy atom. The van der Waals surface area contributed by atoms with Crippen LogP contribution < -0.4 is 25.2 Å². The van der Waals surface area contributed by atoms with Crippen LogP contribution in [0, 0.1) is 17.6 Å². The van der Waals surface area contributed by atoms with Crippen LogP contribution in [-0.4, -0.2) is 86.2 Å². The number of anilines is 2. The molecule has 4 aliphatic rings. The molecule has 3 amide bonds. The van der Waals surface area contributed by atoms with Crippen LogP contribution in [0.25, 0.3) is 0 Å². The van der Waals surface area contributed by atoms with E-state index in [1.165, 1.54) is 13.2 Å². The van der Waals surface area contributed by atoms with Crippen molar-refractivity contribution in [3.8, 4) is 5.75 Å². The molecule has 16 heteroatoms. The van der Waals surface area contributed by atoms with Crippen molar-refractivity contribution in [1.29, 1.82) is 0 Å². The second-order valence-electron chi connectivity index (χ2n) is 12.8. The van der Waals surface area contributed by atoms with E-state index in [1.807, 2.05) is 7.05 Å². The first-order valence-corrected chi connectivity index (χ1v) is 15.5. The zero-order valence-electron chi connectivity index (χ0n) is 25.7. The van der Waals surface area contributed by atoms with E-state index in [1.54, 1.807) is 4.90 Å². The van der Waals surface area contributed by atoms with Gasteiger partial charge in [0.25, 0.3) is 5.91 Å². The minimum Gasteiger partial charge on any atom is -0.497 e. The van der Waals surface area contributed by atoms with Crippen molar-refractivity contribution in [3.63, 3.8) is 0 Å². The summed E-state index contributed by atoms with van der Waals surface area (Å²) in [6, 6.07) is -0.218. The number of amides is 3. The lowest BCUT2D eigenvalue weighted by atomic mass is 9.86. The third-order valence-electron chi connectivity index (χ3n) is 9.99. The highest BCUT2D eigenvalue weighted by Gasteiger charge is 2.51. The van der Waals surface area contributed by atoms with Crippen LogP contribution in [0.15, 0.2) is 24.4 Å². The fraction of sp³-hybridized carbons (Fsp3) is 0.581. The van der Waals surface area contributed by atoms with Crippen molar-refractivity contribution in [1.82, 2.24) is 20.5 Å². The van der Waals surface area contributed by atoms with Gasteiger partial charge >= 0.3 is 12.2 Å². The molecule has 2 bridgehead atoms. The first-order valence-electron chi connectivity index (χ1n) is 15.5. The second kappa shape index (κ2) is 12.7. The molecule has 1 aliphatic carbocycles. The number of carbonyl (C=O) groups excluding carboxylic acids is 2. The van der Waals surface area contributed by atoms with E-state index in [9.17, 15) is 31.5 Å². The number of pyridine rings is 1. The molecule has 0 unspecified atom stereocenters. The Labute approximate surface area is 266 Å². The minimum absolute atomic E-state index is 0.0639. The van der Waals surface area contributed by atoms with E-state index in [-0.39, 0.29) is 49.2 Å². The molecule has 4 atom stereocenters. The largest absolute Gasteiger partial charge is 0.497 e. The quantitative estimate of drug-likeness (QED) is 0.407. The van der Waals surface area contributed by atoms with Crippen LogP contribution in [0.1, 0.15) is 49.1 Å². The number of nitrogens with one attached hydrogen (secondary N) is 2. The molecule has 1 aromatic carbocycles. The highest BCUT2D eigenvalue weighted by atomic mass is 19.4. The number of fused-ring (bicyclic) bond motifs is 2. The van der Waals surface area contributed by atoms with E-state index in [2.05, 4.69) is 20.5 Å². The van der Waals surface area contributed by atoms with Gasteiger partial charge < -0.3 is 20.3 Å². The van der Waals surface area contributed by atoms with E-state index in [0.717, 1.165) is 23.2 Å². The summed E-state index contributed by atoms with van der Waals surface area (Å²) in [5.41, 5.74) is -1.92. The highest BCUT2D eigenvalue weighted by Crippen LogP contribution is 2.47. The van der Waals surface area contributed by atoms with Gasteiger partial charge in [0.05, 0.1) is 12.8 Å². The maximum atomic E-state index is 15.4. The van der Waals surface area contributed by atoms with Gasteiger partial charge in [-0.05, 0) is 45.2 Å². The van der Waals surface area contributed by atoms with E-state index in [0.29, 0.717) is 19.5 Å². The molecule has 2 aromatic rings. The molecule has 3 aliphatic heterocycles. The summed E-state index contributed by atoms with van der Waals surface area (Å²) in [7, 11) is 3.10. The summed E-state index contributed by atoms with van der Waals surface area (Å²) in [5.74, 6) is -6.43. The summed E-state index contributed by atoms with van der Waals surface area (Å²) < 4.78 is 107. The molecule has 256 valence electrons. The Bertz CT molecular complexity index is 1490. The number of benzene rings is 1. The number of alkyl halides is 5. The van der Waals surface area contributed by atoms with Crippen molar-refractivity contribution in [2.75, 3.05) is 43.6 Å². The van der Waals surface area contributed by atoms with E-state index < -0.39 is 83.6 Å². The van der Waals surface area contributed by atoms with Gasteiger partial charge in [-0.1, -0.05) is 0 Å². The average Bonchev–Trinajstić information content (AvgIpc) is 3.69. The first-order chi connectivity index (χ1) is 22.3. The number of nitrogens with zero attached hydrogens (tertiary/aromatic N) is 4. The number of hydrogen-bond acceptors (Lipinski definition) is 6. The SMILES string of the molecule is COc1cc(F)c([C@@H]2CN(c3nccc(N4C[C@@H]5C[C@H]4CN5C)c3C(F)(F)F)C(=O)[C@@H]2NC(=O)NC2CCC(C(F)F)CC2)c(F)c1. The lowest BCUT2D eigenvalue weighted by Crippen LogP contribution is -2.51. The number of carbonyl (C=O) groups is 2. The lowest BCUT2D eigenvalue weighted by molar-refractivity contribution is -0.136. The van der Waals surface area contributed by atoms with Gasteiger partial charge in [0.2, 0.25) is 6.43 Å². The summed E-state index contributed by atoms with van der Waals surface area (Å²) in [5, 5.41) is 5.04. The number of hydrogen-bond donors (Lipinski definition) is 2. The fourth-order valence-corrected chi connectivity index (χ4v) is 7.58. The molecular formula is C31H35F7N6O3. The summed E-state index contributed by atoms with van der Waals surface area (Å²) >= 11 is 0. The monoisotopic (exact) mass is 672 g/mol. The molecular weight excluding hydrogens is 637 g/mol. The number of ether oxygens (including phenoxy) is 1. The van der Waals surface area contributed by atoms with Crippen LogP contribution in [0.2, 0.25) is 0 Å². The molecule has 1 saturated carbocycles. The molecule has 0 radical (unpaired) electrons. The van der Waals surface area contributed by atoms with Crippen molar-refractivity contribution >= 4 is 23.4 Å². The molecule has 2 N–H and O–H groups in total. The molecule has 47 heavy (non-hydrogen) atoms. The third-order valence-corrected chi connectivity index (χ3v) is 9.99. The number of piperazine rings is 1. The van der Waals surface area contributed by atoms with Gasteiger partial charge in [-0.25, -0.2) is 27.3 Å². The van der Waals surface area contributed by atoms with Crippen molar-refractivity contribution < 1.29 is 45.1 Å². The molecule has 0 spiro atoms. The number of methoxy groups -OCH3 is 1. The topological polar surface area (TPSA) is 90.0 Å². The van der Waals surface area contributed by atoms with Gasteiger partial charge in [0.15, 0.2) is 0 Å². The summed E-state index contributed by atoms with van der Waals surface area (Å²) in [6.07, 6.45) is -4.78. The van der Waals surface area contributed by atoms with E-state index >= 15 is 8.78 Å². The Balaban J connectivity index is 1.33. The van der Waals surface area contributed by atoms with Gasteiger partial charge in [0.1, 0.15) is 34.8 Å². The zero-order valence-corrected chi connectivity index (χ0v) is 25.7. The highest BCUT2D eigenvalue weighted by molar-refractivity contribution is 6.03. The Hall–Kier alpha value is -3.82. The average molecular weight is 673 g/mol. The maximum Gasteiger partial charge on any atom is 0.421 e. The van der Waals surface area contributed by atoms with Crippen LogP contribution >= 0.6 is 0 Å². The standard InChI is InChI=1S/C31H35F7N6O3/c1-42-12-18-9-17(42)13-43(18)23-7-8-39-28(25(23)31(36,37)38)44-14-20(24-21(32)10-19(47-2)11-22(24)33)26(29(44)45)41-30(46)40-16-5-3-15(4-6-16)27(34)35/h7-8,10-11,15-18,20,26-27H,3-6,9,12-14H2,1-2H3,(H2,40,41,46)/t15?,16?,17-,18-,20-,26+/m0/s1. The van der Waals surface area contributed by atoms with Crippen molar-refractivity contribution in [2.45, 2.75) is 74.8 Å². The van der Waals surface area contributed by atoms with Crippen molar-refractivity contribution in [2.24, 2.45) is 5.92 Å². The number of rotatable bonds is 7. The van der Waals surface area contributed by atoms with Crippen LogP contribution in [-0.2, 0) is 11.0 Å². The smallest absolute Gasteiger partial charge is 0.421 e. The number of likely N-dealkylation sites (tertiary alicyclic amines) is 1. The number of aromatic nitrogens is 1.